The molecule has 0 rings (SSSR count). The van der Waals surface area contributed by atoms with E-state index in [0.717, 1.165) is 0 Å². The van der Waals surface area contributed by atoms with Crippen LogP contribution in [0.1, 0.15) is 6.92 Å². The van der Waals surface area contributed by atoms with Crippen molar-refractivity contribution in [3.63, 3.8) is 0 Å². The van der Waals surface area contributed by atoms with Crippen LogP contribution >= 0.6 is 0 Å². The van der Waals surface area contributed by atoms with E-state index in [2.05, 4.69) is 0 Å². The molecule has 3 heteroatoms. The predicted octanol–water partition coefficient (Wildman–Crippen LogP) is -0.341. The minimum Gasteiger partial charge on any atom is -0.385 e. The summed E-state index contributed by atoms with van der Waals surface area (Å²) in [4.78, 5) is 0. The Kier molecular flexibility index (Phi) is 1.74. The van der Waals surface area contributed by atoms with E-state index in [1.54, 1.807) is 13.0 Å². The summed E-state index contributed by atoms with van der Waals surface area (Å²) in [6, 6.07) is 1.79. The monoisotopic (exact) mass is 97.1 g/mol. The zero-order valence-corrected chi connectivity index (χ0v) is 4.10. The molecule has 0 spiro atoms. The first kappa shape index (κ1) is 5.83. The van der Waals surface area contributed by atoms with E-state index in [-0.39, 0.29) is 5.82 Å². The topological polar surface area (TPSA) is 75.8 Å². The number of hydrogen-bond donors (Lipinski definition) is 2. The van der Waals surface area contributed by atoms with Gasteiger partial charge in [0.05, 0.1) is 11.6 Å². The molecule has 0 amide bonds. The first-order chi connectivity index (χ1) is 3.18. The van der Waals surface area contributed by atoms with Crippen molar-refractivity contribution in [1.29, 1.82) is 5.26 Å². The van der Waals surface area contributed by atoms with Crippen LogP contribution in [0.2, 0.25) is 0 Å². The second kappa shape index (κ2) is 2.08. The van der Waals surface area contributed by atoms with Crippen LogP contribution in [-0.2, 0) is 0 Å². The highest BCUT2D eigenvalue weighted by atomic mass is 14.8. The molecule has 0 aliphatic rings. The van der Waals surface area contributed by atoms with Gasteiger partial charge in [0, 0.05) is 0 Å². The molecule has 0 fully saturated rings. The Morgan fingerprint density at radius 3 is 2.00 bits per heavy atom. The average molecular weight is 97.1 g/mol. The van der Waals surface area contributed by atoms with E-state index in [1.165, 1.54) is 0 Å². The van der Waals surface area contributed by atoms with Crippen molar-refractivity contribution in [2.24, 2.45) is 11.5 Å². The Hall–Kier alpha value is -1.17. The fourth-order valence-corrected chi connectivity index (χ4v) is 0.0645. The van der Waals surface area contributed by atoms with Gasteiger partial charge in [-0.1, -0.05) is 0 Å². The molecule has 0 aliphatic heterocycles. The molecule has 0 radical (unpaired) electrons. The van der Waals surface area contributed by atoms with Crippen LogP contribution in [0.3, 0.4) is 0 Å². The van der Waals surface area contributed by atoms with E-state index < -0.39 is 0 Å². The van der Waals surface area contributed by atoms with Crippen molar-refractivity contribution in [1.82, 2.24) is 0 Å². The van der Waals surface area contributed by atoms with Gasteiger partial charge in [0.25, 0.3) is 0 Å². The standard InChI is InChI=1S/C4H7N3/c1-3(2-5)4(6)7/h6-7H2,1H3. The maximum atomic E-state index is 8.04. The summed E-state index contributed by atoms with van der Waals surface area (Å²) in [5.41, 5.74) is 10.3. The van der Waals surface area contributed by atoms with Crippen LogP contribution in [0.15, 0.2) is 11.4 Å². The van der Waals surface area contributed by atoms with Gasteiger partial charge < -0.3 is 11.5 Å². The summed E-state index contributed by atoms with van der Waals surface area (Å²) in [6.45, 7) is 1.56. The molecule has 0 aliphatic carbocycles. The van der Waals surface area contributed by atoms with Gasteiger partial charge in [0.2, 0.25) is 0 Å². The molecule has 0 aromatic rings. The first-order valence-electron chi connectivity index (χ1n) is 1.80. The highest BCUT2D eigenvalue weighted by Crippen LogP contribution is 1.85. The minimum atomic E-state index is 0.0995. The van der Waals surface area contributed by atoms with Crippen LogP contribution in [0, 0.1) is 11.3 Å². The fraction of sp³-hybridized carbons (Fsp3) is 0.250. The third-order valence-corrected chi connectivity index (χ3v) is 0.601. The van der Waals surface area contributed by atoms with Gasteiger partial charge >= 0.3 is 0 Å². The second-order valence-electron chi connectivity index (χ2n) is 1.19. The van der Waals surface area contributed by atoms with Crippen molar-refractivity contribution in [2.75, 3.05) is 0 Å². The highest BCUT2D eigenvalue weighted by Gasteiger charge is 1.84. The third kappa shape index (κ3) is 1.66. The van der Waals surface area contributed by atoms with Crippen molar-refractivity contribution >= 4 is 0 Å². The molecule has 0 saturated carbocycles. The number of nitrogens with zero attached hydrogens (tertiary/aromatic N) is 1. The molecule has 0 unspecified atom stereocenters. The van der Waals surface area contributed by atoms with Crippen LogP contribution < -0.4 is 11.5 Å². The van der Waals surface area contributed by atoms with Crippen molar-refractivity contribution in [3.05, 3.63) is 11.4 Å². The molecule has 3 nitrogen and oxygen atoms in total. The Morgan fingerprint density at radius 1 is 1.57 bits per heavy atom. The van der Waals surface area contributed by atoms with Gasteiger partial charge in [-0.25, -0.2) is 0 Å². The normalized spacial score (nSPS) is 6.86. The lowest BCUT2D eigenvalue weighted by atomic mass is 10.3. The number of nitrogens with two attached hydrogens (primary N) is 2. The summed E-state index contributed by atoms with van der Waals surface area (Å²) in [5.74, 6) is 0.0995. The summed E-state index contributed by atoms with van der Waals surface area (Å²) in [5, 5.41) is 8.04. The van der Waals surface area contributed by atoms with Crippen LogP contribution in [0.25, 0.3) is 0 Å². The molecule has 7 heavy (non-hydrogen) atoms. The Balaban J connectivity index is 4.07. The molecule has 0 aromatic carbocycles. The van der Waals surface area contributed by atoms with Crippen molar-refractivity contribution in [2.45, 2.75) is 6.92 Å². The van der Waals surface area contributed by atoms with Crippen molar-refractivity contribution < 1.29 is 0 Å². The summed E-state index contributed by atoms with van der Waals surface area (Å²) in [7, 11) is 0. The van der Waals surface area contributed by atoms with Gasteiger partial charge in [-0.05, 0) is 6.92 Å². The lowest BCUT2D eigenvalue weighted by Gasteiger charge is -1.86. The van der Waals surface area contributed by atoms with Gasteiger partial charge in [0.1, 0.15) is 5.82 Å². The Labute approximate surface area is 42.2 Å². The number of hydrogen-bond acceptors (Lipinski definition) is 3. The predicted molar refractivity (Wildman–Crippen MR) is 26.7 cm³/mol. The van der Waals surface area contributed by atoms with Crippen LogP contribution in [0.4, 0.5) is 0 Å². The average Bonchev–Trinajstić information content (AvgIpc) is 1.65. The minimum absolute atomic E-state index is 0.0995. The maximum absolute atomic E-state index is 8.04. The molecular formula is C4H7N3. The zero-order chi connectivity index (χ0) is 5.86. The molecule has 0 heterocycles. The van der Waals surface area contributed by atoms with Gasteiger partial charge in [-0.2, -0.15) is 5.26 Å². The Bertz CT molecular complexity index is 124. The summed E-state index contributed by atoms with van der Waals surface area (Å²) in [6.07, 6.45) is 0. The number of nitriles is 1. The molecule has 0 saturated heterocycles. The van der Waals surface area contributed by atoms with E-state index in [1.807, 2.05) is 0 Å². The maximum Gasteiger partial charge on any atom is 0.107 e. The molecule has 38 valence electrons. The molecule has 0 aromatic heterocycles. The van der Waals surface area contributed by atoms with E-state index in [0.29, 0.717) is 5.57 Å². The number of rotatable bonds is 0. The molecular weight excluding hydrogens is 90.1 g/mol. The van der Waals surface area contributed by atoms with Crippen LogP contribution in [-0.4, -0.2) is 0 Å². The lowest BCUT2D eigenvalue weighted by Crippen LogP contribution is -2.09. The second-order valence-corrected chi connectivity index (χ2v) is 1.19. The summed E-state index contributed by atoms with van der Waals surface area (Å²) >= 11 is 0. The zero-order valence-electron chi connectivity index (χ0n) is 4.10. The first-order valence-corrected chi connectivity index (χ1v) is 1.80. The molecule has 0 atom stereocenters. The SMILES string of the molecule is CC(C#N)=C(N)N. The van der Waals surface area contributed by atoms with E-state index in [4.69, 9.17) is 16.7 Å². The fourth-order valence-electron chi connectivity index (χ4n) is 0.0645. The van der Waals surface area contributed by atoms with Gasteiger partial charge in [-0.3, -0.25) is 0 Å². The number of allylic oxidation sites excluding steroid dienone is 1. The van der Waals surface area contributed by atoms with Gasteiger partial charge in [0.15, 0.2) is 0 Å². The van der Waals surface area contributed by atoms with Gasteiger partial charge in [-0.15, -0.1) is 0 Å². The Morgan fingerprint density at radius 2 is 2.00 bits per heavy atom. The van der Waals surface area contributed by atoms with E-state index in [9.17, 15) is 0 Å². The third-order valence-electron chi connectivity index (χ3n) is 0.601. The molecule has 0 bridgehead atoms. The quantitative estimate of drug-likeness (QED) is 0.406. The lowest BCUT2D eigenvalue weighted by molar-refractivity contribution is 1.19. The van der Waals surface area contributed by atoms with Crippen molar-refractivity contribution in [3.8, 4) is 6.07 Å². The summed E-state index contributed by atoms with van der Waals surface area (Å²) < 4.78 is 0. The molecule has 4 N–H and O–H groups in total. The highest BCUT2D eigenvalue weighted by molar-refractivity contribution is 5.20. The van der Waals surface area contributed by atoms with Crippen LogP contribution in [0.5, 0.6) is 0 Å². The van der Waals surface area contributed by atoms with E-state index >= 15 is 0 Å². The smallest absolute Gasteiger partial charge is 0.107 e. The largest absolute Gasteiger partial charge is 0.385 e.